The molecule has 0 aromatic rings. The number of ether oxygens (including phenoxy) is 1. The van der Waals surface area contributed by atoms with Crippen LogP contribution in [0.25, 0.3) is 0 Å². The minimum absolute atomic E-state index is 1.71. The van der Waals surface area contributed by atoms with Crippen LogP contribution in [0.3, 0.4) is 0 Å². The number of rotatable bonds is 7. The van der Waals surface area contributed by atoms with Gasteiger partial charge in [0, 0.05) is 0 Å². The van der Waals surface area contributed by atoms with Crippen LogP contribution in [0.15, 0.2) is 0 Å². The van der Waals surface area contributed by atoms with E-state index in [-0.39, 0.29) is 0 Å². The summed E-state index contributed by atoms with van der Waals surface area (Å²) in [6.07, 6.45) is -20.8. The Morgan fingerprint density at radius 1 is 0.520 bits per heavy atom. The lowest BCUT2D eigenvalue weighted by atomic mass is 9.97. The minimum Gasteiger partial charge on any atom is -0.387 e. The molecular weight excluding hydrogens is 413 g/mol. The van der Waals surface area contributed by atoms with Gasteiger partial charge in [-0.3, -0.25) is 0 Å². The minimum atomic E-state index is -8.24. The van der Waals surface area contributed by atoms with E-state index in [1.54, 1.807) is 4.74 Å². The van der Waals surface area contributed by atoms with Gasteiger partial charge in [0.25, 0.3) is 0 Å². The number of halogens is 15. The molecule has 152 valence electrons. The van der Waals surface area contributed by atoms with E-state index in [2.05, 4.69) is 0 Å². The molecule has 0 saturated carbocycles. The van der Waals surface area contributed by atoms with E-state index < -0.39 is 48.7 Å². The first-order valence-electron chi connectivity index (χ1n) is 5.16. The molecule has 0 atom stereocenters. The van der Waals surface area contributed by atoms with Gasteiger partial charge in [-0.1, -0.05) is 0 Å². The van der Waals surface area contributed by atoms with Crippen molar-refractivity contribution in [2.24, 2.45) is 0 Å². The summed E-state index contributed by atoms with van der Waals surface area (Å²) in [6, 6.07) is 0. The molecule has 0 rings (SSSR count). The van der Waals surface area contributed by atoms with Crippen LogP contribution in [0.5, 0.6) is 0 Å². The fourth-order valence-corrected chi connectivity index (χ4v) is 1.04. The normalized spacial score (nSPS) is 16.3. The predicted octanol–water partition coefficient (Wildman–Crippen LogP) is 4.28. The molecule has 0 amide bonds. The smallest absolute Gasteiger partial charge is 0.387 e. The van der Waals surface area contributed by atoms with Crippen LogP contribution in [0.2, 0.25) is 0 Å². The van der Waals surface area contributed by atoms with Gasteiger partial charge in [-0.2, -0.15) is 65.9 Å². The van der Waals surface area contributed by atoms with Crippen molar-refractivity contribution in [3.05, 3.63) is 0 Å². The van der Waals surface area contributed by atoms with Crippen molar-refractivity contribution in [3.63, 3.8) is 0 Å². The molecule has 0 fully saturated rings. The van der Waals surface area contributed by atoms with E-state index in [1.165, 1.54) is 0 Å². The zero-order chi connectivity index (χ0) is 20.9. The molecule has 0 radical (unpaired) electrons. The zero-order valence-electron chi connectivity index (χ0n) is 10.7. The highest BCUT2D eigenvalue weighted by Crippen LogP contribution is 2.60. The molecule has 0 saturated heterocycles. The lowest BCUT2D eigenvalue weighted by molar-refractivity contribution is -0.493. The molecule has 2 nitrogen and oxygen atoms in total. The maximum absolute atomic E-state index is 12.8. The first-order chi connectivity index (χ1) is 10.5. The number of aliphatic hydroxyl groups is 1. The maximum Gasteiger partial charge on any atom is 0.460 e. The van der Waals surface area contributed by atoms with Crippen molar-refractivity contribution in [2.75, 3.05) is 6.61 Å². The van der Waals surface area contributed by atoms with Gasteiger partial charge in [-0.15, -0.1) is 0 Å². The van der Waals surface area contributed by atoms with Crippen molar-refractivity contribution in [1.82, 2.24) is 0 Å². The SMILES string of the molecule is OCC(F)(F)OC(F)(F)C(F)(F)C(F)(F)C(F)(F)C(F)(F)C(F)(F)F. The Balaban J connectivity index is 6.21. The molecule has 0 aromatic heterocycles. The molecule has 0 aromatic carbocycles. The second-order valence-electron chi connectivity index (χ2n) is 4.21. The van der Waals surface area contributed by atoms with Crippen LogP contribution >= 0.6 is 0 Å². The number of hydrogen-bond donors (Lipinski definition) is 1. The molecule has 0 unspecified atom stereocenters. The Morgan fingerprint density at radius 2 is 0.840 bits per heavy atom. The second-order valence-corrected chi connectivity index (χ2v) is 4.21. The van der Waals surface area contributed by atoms with Gasteiger partial charge in [0.2, 0.25) is 0 Å². The number of alkyl halides is 15. The largest absolute Gasteiger partial charge is 0.460 e. The summed E-state index contributed by atoms with van der Waals surface area (Å²) in [5.41, 5.74) is 0. The van der Waals surface area contributed by atoms with E-state index in [1.807, 2.05) is 0 Å². The van der Waals surface area contributed by atoms with Crippen LogP contribution in [0, 0.1) is 0 Å². The van der Waals surface area contributed by atoms with E-state index in [0.29, 0.717) is 0 Å². The van der Waals surface area contributed by atoms with Crippen LogP contribution in [-0.4, -0.2) is 53.8 Å². The zero-order valence-corrected chi connectivity index (χ0v) is 10.7. The molecule has 0 aliphatic heterocycles. The van der Waals surface area contributed by atoms with Crippen molar-refractivity contribution in [3.8, 4) is 0 Å². The topological polar surface area (TPSA) is 29.5 Å². The van der Waals surface area contributed by atoms with Crippen LogP contribution in [-0.2, 0) is 4.74 Å². The lowest BCUT2D eigenvalue weighted by Gasteiger charge is -2.39. The first-order valence-corrected chi connectivity index (χ1v) is 5.16. The van der Waals surface area contributed by atoms with Gasteiger partial charge in [-0.25, -0.2) is 4.74 Å². The average Bonchev–Trinajstić information content (AvgIpc) is 2.35. The fourth-order valence-electron chi connectivity index (χ4n) is 1.04. The monoisotopic (exact) mass is 416 g/mol. The Hall–Kier alpha value is -1.13. The molecule has 0 aliphatic rings. The summed E-state index contributed by atoms with van der Waals surface area (Å²) in [5.74, 6) is -32.4. The lowest BCUT2D eigenvalue weighted by Crippen LogP contribution is -2.70. The predicted molar refractivity (Wildman–Crippen MR) is 43.9 cm³/mol. The number of aliphatic hydroxyl groups excluding tert-OH is 1. The van der Waals surface area contributed by atoms with Crippen molar-refractivity contribution < 1.29 is 75.7 Å². The van der Waals surface area contributed by atoms with Gasteiger partial charge < -0.3 is 5.11 Å². The Kier molecular flexibility index (Phi) is 5.68. The summed E-state index contributed by atoms with van der Waals surface area (Å²) in [4.78, 5) is 0. The first kappa shape index (κ1) is 23.9. The van der Waals surface area contributed by atoms with E-state index in [0.717, 1.165) is 0 Å². The van der Waals surface area contributed by atoms with E-state index in [4.69, 9.17) is 5.11 Å². The summed E-state index contributed by atoms with van der Waals surface area (Å²) in [7, 11) is 0. The highest BCUT2D eigenvalue weighted by Gasteiger charge is 2.91. The second kappa shape index (κ2) is 5.95. The standard InChI is InChI=1S/C8H3F15O2/c9-2(10,1-24)25-8(22,23)6(17,18)4(13,14)3(11,12)5(15,16)7(19,20)21/h24H,1H2. The Bertz CT molecular complexity index is 478. The van der Waals surface area contributed by atoms with Gasteiger partial charge in [0.1, 0.15) is 6.61 Å². The van der Waals surface area contributed by atoms with Gasteiger partial charge in [0.05, 0.1) is 0 Å². The molecule has 0 bridgehead atoms. The van der Waals surface area contributed by atoms with Gasteiger partial charge >= 0.3 is 42.1 Å². The molecular formula is C8H3F15O2. The molecule has 1 N–H and O–H groups in total. The Labute approximate surface area is 126 Å². The third-order valence-electron chi connectivity index (χ3n) is 2.37. The van der Waals surface area contributed by atoms with Gasteiger partial charge in [-0.05, 0) is 0 Å². The summed E-state index contributed by atoms with van der Waals surface area (Å²) >= 11 is 0. The summed E-state index contributed by atoms with van der Waals surface area (Å²) in [6.45, 7) is -2.89. The Morgan fingerprint density at radius 3 is 1.12 bits per heavy atom. The van der Waals surface area contributed by atoms with Crippen molar-refractivity contribution in [2.45, 2.75) is 42.1 Å². The number of hydrogen-bond acceptors (Lipinski definition) is 2. The molecule has 0 spiro atoms. The van der Waals surface area contributed by atoms with Crippen LogP contribution in [0.4, 0.5) is 65.9 Å². The quantitative estimate of drug-likeness (QED) is 0.628. The maximum atomic E-state index is 12.8. The molecule has 17 heteroatoms. The fraction of sp³-hybridized carbons (Fsp3) is 1.00. The molecule has 25 heavy (non-hydrogen) atoms. The van der Waals surface area contributed by atoms with Crippen molar-refractivity contribution >= 4 is 0 Å². The van der Waals surface area contributed by atoms with Crippen molar-refractivity contribution in [1.29, 1.82) is 0 Å². The molecule has 0 heterocycles. The summed E-state index contributed by atoms with van der Waals surface area (Å²) < 4.78 is 188. The van der Waals surface area contributed by atoms with Crippen LogP contribution in [0.1, 0.15) is 0 Å². The van der Waals surface area contributed by atoms with E-state index in [9.17, 15) is 65.9 Å². The highest BCUT2D eigenvalue weighted by atomic mass is 19.4. The highest BCUT2D eigenvalue weighted by molar-refractivity contribution is 5.08. The van der Waals surface area contributed by atoms with Crippen LogP contribution < -0.4 is 0 Å². The van der Waals surface area contributed by atoms with Gasteiger partial charge in [0.15, 0.2) is 0 Å². The van der Waals surface area contributed by atoms with E-state index >= 15 is 0 Å². The third kappa shape index (κ3) is 3.56. The summed E-state index contributed by atoms with van der Waals surface area (Å²) in [5, 5.41) is 7.76. The average molecular weight is 416 g/mol. The third-order valence-corrected chi connectivity index (χ3v) is 2.37. The molecule has 0 aliphatic carbocycles.